The highest BCUT2D eigenvalue weighted by Crippen LogP contribution is 2.25. The molecule has 0 fully saturated rings. The average Bonchev–Trinajstić information content (AvgIpc) is 2.95. The van der Waals surface area contributed by atoms with Gasteiger partial charge >= 0.3 is 11.9 Å². The lowest BCUT2D eigenvalue weighted by molar-refractivity contribution is -0.948. The highest BCUT2D eigenvalue weighted by Gasteiger charge is 2.23. The van der Waals surface area contributed by atoms with Gasteiger partial charge in [-0.1, -0.05) is 35.8 Å². The summed E-state index contributed by atoms with van der Waals surface area (Å²) < 4.78 is 9.60. The van der Waals surface area contributed by atoms with Crippen LogP contribution in [0.5, 0.6) is 23.0 Å². The minimum atomic E-state index is -1.03. The van der Waals surface area contributed by atoms with E-state index in [1.807, 2.05) is 0 Å². The van der Waals surface area contributed by atoms with E-state index in [1.54, 1.807) is 9.80 Å². The van der Waals surface area contributed by atoms with Gasteiger partial charge in [0.15, 0.2) is 0 Å². The minimum absolute atomic E-state index is 0.206. The molecule has 0 heterocycles. The van der Waals surface area contributed by atoms with Crippen molar-refractivity contribution < 1.29 is 49.3 Å². The molecule has 0 aromatic heterocycles. The molecule has 260 valence electrons. The maximum atomic E-state index is 11.1. The maximum absolute atomic E-state index is 11.1. The second kappa shape index (κ2) is 20.9. The predicted molar refractivity (Wildman–Crippen MR) is 182 cm³/mol. The van der Waals surface area contributed by atoms with Crippen LogP contribution in [0.3, 0.4) is 0 Å². The fourth-order valence-electron chi connectivity index (χ4n) is 3.64. The van der Waals surface area contributed by atoms with E-state index in [9.17, 15) is 19.8 Å². The SMILES string of the molecule is CC(C)[NH+](C)C(C)(C)C.CC(C)[NH+](C)C(C)(C)C.COc1cc(/C=C/C(=O)O)ccc1[O-].COc1cc(/C=C/C(=O)O)ccc1[O-]. The Bertz CT molecular complexity index is 1160. The summed E-state index contributed by atoms with van der Waals surface area (Å²) >= 11 is 0. The Hall–Kier alpha value is -4.02. The van der Waals surface area contributed by atoms with Gasteiger partial charge in [-0.2, -0.15) is 0 Å². The molecule has 2 unspecified atom stereocenters. The normalized spacial score (nSPS) is 12.7. The summed E-state index contributed by atoms with van der Waals surface area (Å²) in [5.41, 5.74) is 2.02. The highest BCUT2D eigenvalue weighted by atomic mass is 16.5. The molecule has 0 aliphatic rings. The topological polar surface area (TPSA) is 148 Å². The Morgan fingerprint density at radius 2 is 0.957 bits per heavy atom. The van der Waals surface area contributed by atoms with Gasteiger partial charge in [0.2, 0.25) is 0 Å². The lowest BCUT2D eigenvalue weighted by Crippen LogP contribution is -3.19. The third kappa shape index (κ3) is 19.4. The smallest absolute Gasteiger partial charge is 0.328 e. The summed E-state index contributed by atoms with van der Waals surface area (Å²) in [7, 11) is 7.26. The van der Waals surface area contributed by atoms with E-state index in [4.69, 9.17) is 19.7 Å². The Balaban J connectivity index is 0. The molecule has 46 heavy (non-hydrogen) atoms. The number of benzene rings is 2. The lowest BCUT2D eigenvalue weighted by atomic mass is 10.1. The number of rotatable bonds is 8. The summed E-state index contributed by atoms with van der Waals surface area (Å²) in [5.74, 6) is -2.10. The Morgan fingerprint density at radius 1 is 0.674 bits per heavy atom. The van der Waals surface area contributed by atoms with Crippen molar-refractivity contribution in [2.45, 2.75) is 92.4 Å². The highest BCUT2D eigenvalue weighted by molar-refractivity contribution is 5.85. The number of nitrogens with one attached hydrogen (secondary N) is 2. The molecular weight excluding hydrogens is 588 g/mol. The first-order valence-electron chi connectivity index (χ1n) is 15.2. The third-order valence-corrected chi connectivity index (χ3v) is 7.31. The minimum Gasteiger partial charge on any atom is -0.870 e. The quantitative estimate of drug-likeness (QED) is 0.320. The van der Waals surface area contributed by atoms with E-state index in [1.165, 1.54) is 62.8 Å². The molecular formula is C36H58N2O8. The van der Waals surface area contributed by atoms with E-state index < -0.39 is 11.9 Å². The van der Waals surface area contributed by atoms with Crippen LogP contribution in [0.15, 0.2) is 48.6 Å². The van der Waals surface area contributed by atoms with Crippen molar-refractivity contribution in [2.24, 2.45) is 0 Å². The van der Waals surface area contributed by atoms with Crippen LogP contribution in [0.25, 0.3) is 12.2 Å². The number of ether oxygens (including phenoxy) is 2. The molecule has 0 aliphatic carbocycles. The van der Waals surface area contributed by atoms with Gasteiger partial charge in [0.25, 0.3) is 0 Å². The van der Waals surface area contributed by atoms with Gasteiger partial charge in [0, 0.05) is 12.2 Å². The second-order valence-corrected chi connectivity index (χ2v) is 13.3. The second-order valence-electron chi connectivity index (χ2n) is 13.3. The molecule has 2 rings (SSSR count). The predicted octanol–water partition coefficient (Wildman–Crippen LogP) is 3.15. The molecule has 2 atom stereocenters. The van der Waals surface area contributed by atoms with Crippen LogP contribution in [-0.4, -0.2) is 73.6 Å². The monoisotopic (exact) mass is 646 g/mol. The van der Waals surface area contributed by atoms with Crippen molar-refractivity contribution in [3.63, 3.8) is 0 Å². The standard InChI is InChI=1S/2C10H10O4.2C8H19N/c2*1-14-9-6-7(2-4-8(9)11)3-5-10(12)13;2*1-7(2)9(6)8(3,4)5/h2*2-6,11H,1H3,(H,12,13);2*7H,1-6H3/b2*5-3+;;. The first-order valence-corrected chi connectivity index (χ1v) is 15.2. The fraction of sp³-hybridized carbons (Fsp3) is 0.500. The van der Waals surface area contributed by atoms with Gasteiger partial charge < -0.3 is 39.7 Å². The average molecular weight is 647 g/mol. The van der Waals surface area contributed by atoms with Crippen molar-refractivity contribution in [1.82, 2.24) is 0 Å². The van der Waals surface area contributed by atoms with Crippen LogP contribution in [-0.2, 0) is 9.59 Å². The summed E-state index contributed by atoms with van der Waals surface area (Å²) in [6.45, 7) is 22.6. The molecule has 0 bridgehead atoms. The van der Waals surface area contributed by atoms with Gasteiger partial charge in [-0.05, 0) is 105 Å². The van der Waals surface area contributed by atoms with E-state index in [2.05, 4.69) is 83.3 Å². The van der Waals surface area contributed by atoms with Crippen LogP contribution in [0.4, 0.5) is 0 Å². The number of carboxylic acid groups (broad SMARTS) is 2. The van der Waals surface area contributed by atoms with Crippen molar-refractivity contribution >= 4 is 24.1 Å². The van der Waals surface area contributed by atoms with E-state index in [0.29, 0.717) is 22.2 Å². The van der Waals surface area contributed by atoms with Crippen molar-refractivity contribution in [3.8, 4) is 23.0 Å². The fourth-order valence-corrected chi connectivity index (χ4v) is 3.64. The molecule has 4 N–H and O–H groups in total. The number of carboxylic acids is 2. The summed E-state index contributed by atoms with van der Waals surface area (Å²) in [4.78, 5) is 23.6. The lowest BCUT2D eigenvalue weighted by Gasteiger charge is -2.31. The van der Waals surface area contributed by atoms with Crippen molar-refractivity contribution in [2.75, 3.05) is 28.3 Å². The third-order valence-electron chi connectivity index (χ3n) is 7.31. The number of aliphatic carboxylic acids is 2. The van der Waals surface area contributed by atoms with Crippen LogP contribution < -0.4 is 29.5 Å². The Morgan fingerprint density at radius 3 is 1.13 bits per heavy atom. The number of hydrogen-bond acceptors (Lipinski definition) is 6. The molecule has 10 nitrogen and oxygen atoms in total. The summed E-state index contributed by atoms with van der Waals surface area (Å²) in [6.07, 6.45) is 4.78. The van der Waals surface area contributed by atoms with Crippen LogP contribution in [0, 0.1) is 0 Å². The van der Waals surface area contributed by atoms with E-state index in [-0.39, 0.29) is 23.0 Å². The van der Waals surface area contributed by atoms with Gasteiger partial charge in [-0.3, -0.25) is 0 Å². The largest absolute Gasteiger partial charge is 0.870 e. The number of hydrogen-bond donors (Lipinski definition) is 4. The summed E-state index contributed by atoms with van der Waals surface area (Å²) in [6, 6.07) is 10.2. The molecule has 0 amide bonds. The van der Waals surface area contributed by atoms with Crippen molar-refractivity contribution in [1.29, 1.82) is 0 Å². The zero-order valence-electron chi connectivity index (χ0n) is 30.3. The molecule has 2 aromatic carbocycles. The molecule has 10 heteroatoms. The zero-order chi connectivity index (χ0) is 36.4. The van der Waals surface area contributed by atoms with Gasteiger partial charge in [0.1, 0.15) is 11.5 Å². The van der Waals surface area contributed by atoms with E-state index in [0.717, 1.165) is 24.2 Å². The molecule has 0 spiro atoms. The van der Waals surface area contributed by atoms with Gasteiger partial charge in [-0.25, -0.2) is 9.59 Å². The van der Waals surface area contributed by atoms with E-state index >= 15 is 0 Å². The molecule has 0 aliphatic heterocycles. The maximum Gasteiger partial charge on any atom is 0.328 e. The number of methoxy groups -OCH3 is 2. The van der Waals surface area contributed by atoms with Gasteiger partial charge in [-0.15, -0.1) is 0 Å². The van der Waals surface area contributed by atoms with Gasteiger partial charge in [0.05, 0.1) is 51.5 Å². The van der Waals surface area contributed by atoms with Crippen LogP contribution >= 0.6 is 0 Å². The van der Waals surface area contributed by atoms with Crippen molar-refractivity contribution in [3.05, 3.63) is 59.7 Å². The Labute approximate surface area is 276 Å². The molecule has 2 aromatic rings. The first kappa shape index (κ1) is 44.1. The first-order chi connectivity index (χ1) is 21.0. The molecule has 0 radical (unpaired) electrons. The van der Waals surface area contributed by atoms with Crippen LogP contribution in [0.2, 0.25) is 0 Å². The number of carbonyl (C=O) groups is 2. The molecule has 0 saturated carbocycles. The molecule has 0 saturated heterocycles. The van der Waals surface area contributed by atoms with Crippen LogP contribution in [0.1, 0.15) is 80.4 Å². The Kier molecular flexibility index (Phi) is 20.0. The summed E-state index contributed by atoms with van der Waals surface area (Å²) in [5, 5.41) is 38.9. The zero-order valence-corrected chi connectivity index (χ0v) is 30.3. The number of quaternary nitrogens is 2.